The van der Waals surface area contributed by atoms with Gasteiger partial charge in [0.25, 0.3) is 0 Å². The number of nitrogens with one attached hydrogen (secondary N) is 1. The summed E-state index contributed by atoms with van der Waals surface area (Å²) in [5.74, 6) is 2.60. The molecule has 2 aliphatic rings. The molecule has 3 rings (SSSR count). The Morgan fingerprint density at radius 1 is 1.25 bits per heavy atom. The summed E-state index contributed by atoms with van der Waals surface area (Å²) in [7, 11) is 0. The van der Waals surface area contributed by atoms with E-state index in [4.69, 9.17) is 9.47 Å². The molecule has 0 aromatic heterocycles. The molecule has 1 saturated carbocycles. The van der Waals surface area contributed by atoms with Crippen LogP contribution in [-0.4, -0.2) is 19.3 Å². The summed E-state index contributed by atoms with van der Waals surface area (Å²) < 4.78 is 11.0. The SMILES string of the molecule is CC1CC1NCc1ccc2c(c1)OCCO2. The van der Waals surface area contributed by atoms with Gasteiger partial charge >= 0.3 is 0 Å². The van der Waals surface area contributed by atoms with Gasteiger partial charge in [-0.15, -0.1) is 0 Å². The molecule has 1 heterocycles. The van der Waals surface area contributed by atoms with Crippen molar-refractivity contribution in [3.05, 3.63) is 23.8 Å². The topological polar surface area (TPSA) is 30.5 Å². The Bertz CT molecular complexity index is 392. The smallest absolute Gasteiger partial charge is 0.161 e. The maximum absolute atomic E-state index is 5.55. The fraction of sp³-hybridized carbons (Fsp3) is 0.538. The van der Waals surface area contributed by atoms with Gasteiger partial charge in [0.05, 0.1) is 0 Å². The van der Waals surface area contributed by atoms with E-state index in [1.54, 1.807) is 0 Å². The number of fused-ring (bicyclic) bond motifs is 1. The summed E-state index contributed by atoms with van der Waals surface area (Å²) in [6.45, 7) is 4.51. The number of benzene rings is 1. The molecule has 0 amide bonds. The van der Waals surface area contributed by atoms with Crippen molar-refractivity contribution in [1.29, 1.82) is 0 Å². The predicted molar refractivity (Wildman–Crippen MR) is 61.8 cm³/mol. The molecule has 16 heavy (non-hydrogen) atoms. The molecule has 0 spiro atoms. The van der Waals surface area contributed by atoms with E-state index in [9.17, 15) is 0 Å². The highest BCUT2D eigenvalue weighted by Crippen LogP contribution is 2.32. The fourth-order valence-electron chi connectivity index (χ4n) is 2.05. The van der Waals surface area contributed by atoms with Crippen LogP contribution in [0.4, 0.5) is 0 Å². The first-order chi connectivity index (χ1) is 7.83. The Morgan fingerprint density at radius 2 is 2.00 bits per heavy atom. The molecule has 1 aliphatic carbocycles. The standard InChI is InChI=1S/C13H17NO2/c1-9-6-11(9)14-8-10-2-3-12-13(7-10)16-5-4-15-12/h2-3,7,9,11,14H,4-6,8H2,1H3. The monoisotopic (exact) mass is 219 g/mol. The van der Waals surface area contributed by atoms with E-state index >= 15 is 0 Å². The van der Waals surface area contributed by atoms with Crippen LogP contribution in [-0.2, 0) is 6.54 Å². The lowest BCUT2D eigenvalue weighted by Gasteiger charge is -2.19. The molecule has 0 bridgehead atoms. The van der Waals surface area contributed by atoms with Crippen LogP contribution in [0, 0.1) is 5.92 Å². The van der Waals surface area contributed by atoms with Crippen molar-refractivity contribution in [2.45, 2.75) is 25.9 Å². The van der Waals surface area contributed by atoms with Gasteiger partial charge in [0.15, 0.2) is 11.5 Å². The van der Waals surface area contributed by atoms with E-state index in [0.29, 0.717) is 19.3 Å². The Balaban J connectivity index is 1.66. The Kier molecular flexibility index (Phi) is 2.48. The van der Waals surface area contributed by atoms with E-state index in [-0.39, 0.29) is 0 Å². The van der Waals surface area contributed by atoms with Crippen LogP contribution in [0.1, 0.15) is 18.9 Å². The summed E-state index contributed by atoms with van der Waals surface area (Å²) in [5, 5.41) is 3.53. The zero-order valence-electron chi connectivity index (χ0n) is 9.53. The zero-order chi connectivity index (χ0) is 11.0. The molecule has 1 aromatic rings. The maximum Gasteiger partial charge on any atom is 0.161 e. The van der Waals surface area contributed by atoms with Gasteiger partial charge in [-0.2, -0.15) is 0 Å². The van der Waals surface area contributed by atoms with Gasteiger partial charge in [0.2, 0.25) is 0 Å². The Morgan fingerprint density at radius 3 is 2.75 bits per heavy atom. The van der Waals surface area contributed by atoms with Crippen LogP contribution in [0.2, 0.25) is 0 Å². The third-order valence-corrected chi connectivity index (χ3v) is 3.28. The molecule has 2 atom stereocenters. The second-order valence-electron chi connectivity index (χ2n) is 4.68. The summed E-state index contributed by atoms with van der Waals surface area (Å²) in [5.41, 5.74) is 1.27. The second-order valence-corrected chi connectivity index (χ2v) is 4.68. The predicted octanol–water partition coefficient (Wildman–Crippen LogP) is 1.96. The molecule has 1 fully saturated rings. The highest BCUT2D eigenvalue weighted by molar-refractivity contribution is 5.43. The van der Waals surface area contributed by atoms with Gasteiger partial charge < -0.3 is 14.8 Å². The highest BCUT2D eigenvalue weighted by atomic mass is 16.6. The van der Waals surface area contributed by atoms with Gasteiger partial charge in [-0.1, -0.05) is 13.0 Å². The van der Waals surface area contributed by atoms with E-state index in [1.807, 2.05) is 6.07 Å². The molecule has 3 nitrogen and oxygen atoms in total. The van der Waals surface area contributed by atoms with Gasteiger partial charge in [-0.05, 0) is 30.0 Å². The molecular formula is C13H17NO2. The van der Waals surface area contributed by atoms with Gasteiger partial charge in [0.1, 0.15) is 13.2 Å². The lowest BCUT2D eigenvalue weighted by molar-refractivity contribution is 0.171. The van der Waals surface area contributed by atoms with Crippen molar-refractivity contribution in [2.24, 2.45) is 5.92 Å². The summed E-state index contributed by atoms with van der Waals surface area (Å²) in [6.07, 6.45) is 1.31. The summed E-state index contributed by atoms with van der Waals surface area (Å²) in [6, 6.07) is 6.90. The van der Waals surface area contributed by atoms with Crippen molar-refractivity contribution in [2.75, 3.05) is 13.2 Å². The van der Waals surface area contributed by atoms with E-state index in [1.165, 1.54) is 12.0 Å². The average Bonchev–Trinajstić information content (AvgIpc) is 3.03. The zero-order valence-corrected chi connectivity index (χ0v) is 9.53. The Hall–Kier alpha value is -1.22. The van der Waals surface area contributed by atoms with Crippen LogP contribution in [0.15, 0.2) is 18.2 Å². The first-order valence-electron chi connectivity index (χ1n) is 5.95. The van der Waals surface area contributed by atoms with Crippen molar-refractivity contribution in [3.63, 3.8) is 0 Å². The van der Waals surface area contributed by atoms with Crippen molar-refractivity contribution < 1.29 is 9.47 Å². The normalized spacial score (nSPS) is 26.6. The molecule has 1 aromatic carbocycles. The molecule has 0 radical (unpaired) electrons. The Labute approximate surface area is 95.8 Å². The summed E-state index contributed by atoms with van der Waals surface area (Å²) in [4.78, 5) is 0. The van der Waals surface area contributed by atoms with Crippen LogP contribution in [0.25, 0.3) is 0 Å². The molecule has 1 aliphatic heterocycles. The summed E-state index contributed by atoms with van der Waals surface area (Å²) >= 11 is 0. The number of hydrogen-bond donors (Lipinski definition) is 1. The van der Waals surface area contributed by atoms with Crippen LogP contribution in [0.3, 0.4) is 0 Å². The molecular weight excluding hydrogens is 202 g/mol. The maximum atomic E-state index is 5.55. The number of hydrogen-bond acceptors (Lipinski definition) is 3. The largest absolute Gasteiger partial charge is 0.486 e. The highest BCUT2D eigenvalue weighted by Gasteiger charge is 2.31. The van der Waals surface area contributed by atoms with E-state index in [2.05, 4.69) is 24.4 Å². The lowest BCUT2D eigenvalue weighted by Crippen LogP contribution is -2.18. The minimum atomic E-state index is 0.656. The van der Waals surface area contributed by atoms with E-state index in [0.717, 1.165) is 24.0 Å². The fourth-order valence-corrected chi connectivity index (χ4v) is 2.05. The van der Waals surface area contributed by atoms with Crippen LogP contribution < -0.4 is 14.8 Å². The van der Waals surface area contributed by atoms with Crippen LogP contribution in [0.5, 0.6) is 11.5 Å². The van der Waals surface area contributed by atoms with Gasteiger partial charge in [0, 0.05) is 12.6 Å². The van der Waals surface area contributed by atoms with Gasteiger partial charge in [-0.3, -0.25) is 0 Å². The first kappa shape index (κ1) is 9.97. The molecule has 1 N–H and O–H groups in total. The first-order valence-corrected chi connectivity index (χ1v) is 5.95. The molecule has 86 valence electrons. The number of rotatable bonds is 3. The van der Waals surface area contributed by atoms with Gasteiger partial charge in [-0.25, -0.2) is 0 Å². The molecule has 0 saturated heterocycles. The average molecular weight is 219 g/mol. The van der Waals surface area contributed by atoms with E-state index < -0.39 is 0 Å². The van der Waals surface area contributed by atoms with Crippen molar-refractivity contribution in [1.82, 2.24) is 5.32 Å². The lowest BCUT2D eigenvalue weighted by atomic mass is 10.2. The van der Waals surface area contributed by atoms with Crippen molar-refractivity contribution in [3.8, 4) is 11.5 Å². The minimum Gasteiger partial charge on any atom is -0.486 e. The third kappa shape index (κ3) is 2.00. The third-order valence-electron chi connectivity index (χ3n) is 3.28. The number of ether oxygens (including phenoxy) is 2. The second kappa shape index (κ2) is 3.98. The minimum absolute atomic E-state index is 0.656. The quantitative estimate of drug-likeness (QED) is 0.843. The molecule has 2 unspecified atom stereocenters. The van der Waals surface area contributed by atoms with Crippen molar-refractivity contribution >= 4 is 0 Å². The van der Waals surface area contributed by atoms with Crippen LogP contribution >= 0.6 is 0 Å². The molecule has 3 heteroatoms.